The fourth-order valence-electron chi connectivity index (χ4n) is 15.0. The average Bonchev–Trinajstić information content (AvgIpc) is 3.22. The predicted molar refractivity (Wildman–Crippen MR) is 228 cm³/mol. The van der Waals surface area contributed by atoms with E-state index in [0.717, 1.165) is 44.9 Å². The average molecular weight is 911 g/mol. The highest BCUT2D eigenvalue weighted by Gasteiger charge is 2.70. The Kier molecular flexibility index (Phi) is 13.0. The van der Waals surface area contributed by atoms with Gasteiger partial charge in [0.05, 0.1) is 30.3 Å². The summed E-state index contributed by atoms with van der Waals surface area (Å²) in [5.41, 5.74) is -0.0274. The van der Waals surface area contributed by atoms with Crippen LogP contribution in [0.2, 0.25) is 0 Å². The van der Waals surface area contributed by atoms with Crippen molar-refractivity contribution in [1.82, 2.24) is 0 Å². The number of ether oxygens (including phenoxy) is 6. The van der Waals surface area contributed by atoms with E-state index in [9.17, 15) is 50.8 Å². The van der Waals surface area contributed by atoms with Crippen molar-refractivity contribution >= 4 is 5.97 Å². The van der Waals surface area contributed by atoms with E-state index in [1.165, 1.54) is 19.4 Å². The molecule has 7 fully saturated rings. The summed E-state index contributed by atoms with van der Waals surface area (Å²) in [5.74, 6) is -0.103. The minimum atomic E-state index is -1.74. The van der Waals surface area contributed by atoms with Crippen LogP contribution in [0.5, 0.6) is 0 Å². The van der Waals surface area contributed by atoms with Crippen molar-refractivity contribution in [3.8, 4) is 0 Å². The van der Waals surface area contributed by atoms with Crippen LogP contribution in [-0.2, 0) is 33.2 Å². The molecular formula is C48H78O16. The number of carbonyl (C=O) groups is 1. The third kappa shape index (κ3) is 7.50. The molecular weight excluding hydrogens is 833 g/mol. The maximum absolute atomic E-state index is 13.2. The molecule has 0 bridgehead atoms. The van der Waals surface area contributed by atoms with Gasteiger partial charge in [0, 0.05) is 0 Å². The van der Waals surface area contributed by atoms with Crippen molar-refractivity contribution < 1.29 is 79.2 Å². The largest absolute Gasteiger partial charge is 0.481 e. The van der Waals surface area contributed by atoms with Gasteiger partial charge in [-0.25, -0.2) is 0 Å². The highest BCUT2D eigenvalue weighted by molar-refractivity contribution is 5.76. The van der Waals surface area contributed by atoms with E-state index in [-0.39, 0.29) is 33.5 Å². The van der Waals surface area contributed by atoms with Gasteiger partial charge in [-0.3, -0.25) is 4.79 Å². The molecule has 0 aromatic heterocycles. The molecule has 23 atom stereocenters. The number of hydrogen-bond donors (Lipinski definition) is 9. The van der Waals surface area contributed by atoms with E-state index in [0.29, 0.717) is 25.2 Å². The smallest absolute Gasteiger partial charge is 0.310 e. The Morgan fingerprint density at radius 1 is 0.656 bits per heavy atom. The SMILES string of the molecule is C[C@@H]1O[C@@H](O[C@H]2[C@H](O[C@H]3CC[C@]4(C)[C@H]5CC=C6[C@@H]7CC(C)(C)CC[C@]7(C(=O)O)CC[C@@]6(C)[C@]5(C)CC[C@H]4C3(C)C)O[C@H](CO)[C@@H](O[C@@H]3O[C@@H](C)[C@H](O)[C@@H](O)[C@H]3O)[C@@H]2O)[C@H](O)[C@H](O)[C@H]1O. The second-order valence-electron chi connectivity index (χ2n) is 23.4. The van der Waals surface area contributed by atoms with E-state index in [4.69, 9.17) is 28.4 Å². The number of carboxylic acid groups (broad SMARTS) is 1. The zero-order valence-corrected chi connectivity index (χ0v) is 39.2. The summed E-state index contributed by atoms with van der Waals surface area (Å²) in [6, 6.07) is 0. The molecule has 3 heterocycles. The van der Waals surface area contributed by atoms with Gasteiger partial charge in [-0.15, -0.1) is 0 Å². The first-order valence-electron chi connectivity index (χ1n) is 24.0. The number of aliphatic hydroxyl groups excluding tert-OH is 8. The van der Waals surface area contributed by atoms with Gasteiger partial charge in [-0.1, -0.05) is 60.1 Å². The van der Waals surface area contributed by atoms with Gasteiger partial charge >= 0.3 is 5.97 Å². The molecule has 16 nitrogen and oxygen atoms in total. The van der Waals surface area contributed by atoms with Crippen molar-refractivity contribution in [3.05, 3.63) is 11.6 Å². The Morgan fingerprint density at radius 2 is 1.23 bits per heavy atom. The molecule has 3 aliphatic heterocycles. The topological polar surface area (TPSA) is 255 Å². The zero-order valence-electron chi connectivity index (χ0n) is 39.2. The van der Waals surface area contributed by atoms with E-state index >= 15 is 0 Å². The molecule has 0 aromatic rings. The molecule has 3 saturated heterocycles. The third-order valence-corrected chi connectivity index (χ3v) is 19.3. The van der Waals surface area contributed by atoms with Crippen molar-refractivity contribution in [2.45, 2.75) is 225 Å². The number of fused-ring (bicyclic) bond motifs is 7. The number of aliphatic hydroxyl groups is 8. The van der Waals surface area contributed by atoms with Crippen LogP contribution in [0.3, 0.4) is 0 Å². The standard InChI is InChI=1S/C48H78O16/c1-22-30(50)32(52)34(54)39(59-22)63-37-26(21-49)61-41(38(36(37)56)64-40-35(55)33(53)31(51)23(2)60-40)62-29-13-14-45(7)27(44(29,5)6)12-15-47(9)28(45)11-10-24-25-20-43(3,4)16-18-48(25,42(57)58)19-17-46(24,47)8/h10,22-23,25-41,49-56H,11-21H2,1-9H3,(H,57,58)/t22-,23-,25-,26+,27-,28+,29-,30-,31-,32+,33+,34+,35+,36-,37+,38+,39-,40-,41-,45-,46+,47+,48-/m0/s1. The summed E-state index contributed by atoms with van der Waals surface area (Å²) in [6.45, 7) is 18.7. The first-order valence-corrected chi connectivity index (χ1v) is 24.0. The van der Waals surface area contributed by atoms with Crippen LogP contribution in [0.4, 0.5) is 0 Å². The lowest BCUT2D eigenvalue weighted by Crippen LogP contribution is -2.68. The van der Waals surface area contributed by atoms with Gasteiger partial charge in [-0.2, -0.15) is 0 Å². The molecule has 0 radical (unpaired) electrons. The number of hydrogen-bond acceptors (Lipinski definition) is 15. The van der Waals surface area contributed by atoms with Crippen LogP contribution < -0.4 is 0 Å². The van der Waals surface area contributed by atoms with Gasteiger partial charge in [-0.05, 0) is 123 Å². The van der Waals surface area contributed by atoms with E-state index in [2.05, 4.69) is 54.5 Å². The van der Waals surface area contributed by atoms with Crippen molar-refractivity contribution in [2.24, 2.45) is 50.2 Å². The monoisotopic (exact) mass is 911 g/mol. The van der Waals surface area contributed by atoms with Crippen LogP contribution in [0, 0.1) is 50.2 Å². The fourth-order valence-corrected chi connectivity index (χ4v) is 15.0. The molecule has 5 aliphatic carbocycles. The molecule has 8 rings (SSSR count). The lowest BCUT2D eigenvalue weighted by atomic mass is 9.33. The molecule has 0 unspecified atom stereocenters. The van der Waals surface area contributed by atoms with Crippen LogP contribution in [0.1, 0.15) is 127 Å². The van der Waals surface area contributed by atoms with Crippen molar-refractivity contribution in [1.29, 1.82) is 0 Å². The number of rotatable bonds is 8. The number of carboxylic acids is 1. The predicted octanol–water partition coefficient (Wildman–Crippen LogP) is 2.76. The summed E-state index contributed by atoms with van der Waals surface area (Å²) in [7, 11) is 0. The molecule has 366 valence electrons. The molecule has 64 heavy (non-hydrogen) atoms. The minimum absolute atomic E-state index is 0.0186. The molecule has 9 N–H and O–H groups in total. The first-order chi connectivity index (χ1) is 29.8. The summed E-state index contributed by atoms with van der Waals surface area (Å²) < 4.78 is 37.2. The van der Waals surface area contributed by atoms with Crippen molar-refractivity contribution in [3.63, 3.8) is 0 Å². The molecule has 0 aromatic carbocycles. The van der Waals surface area contributed by atoms with Gasteiger partial charge in [0.2, 0.25) is 0 Å². The summed E-state index contributed by atoms with van der Waals surface area (Å²) in [6.07, 6.45) is -11.6. The normalized spacial score (nSPS) is 54.6. The molecule has 16 heteroatoms. The maximum atomic E-state index is 13.2. The van der Waals surface area contributed by atoms with Crippen molar-refractivity contribution in [2.75, 3.05) is 6.61 Å². The quantitative estimate of drug-likeness (QED) is 0.125. The molecule has 8 aliphatic rings. The van der Waals surface area contributed by atoms with Crippen LogP contribution in [0.15, 0.2) is 11.6 Å². The summed E-state index contributed by atoms with van der Waals surface area (Å²) >= 11 is 0. The van der Waals surface area contributed by atoms with Crippen LogP contribution >= 0.6 is 0 Å². The highest BCUT2D eigenvalue weighted by Crippen LogP contribution is 2.76. The van der Waals surface area contributed by atoms with Crippen LogP contribution in [-0.4, -0.2) is 157 Å². The zero-order chi connectivity index (χ0) is 46.9. The Bertz CT molecular complexity index is 1760. The second kappa shape index (κ2) is 17.0. The van der Waals surface area contributed by atoms with Gasteiger partial charge in [0.15, 0.2) is 18.9 Å². The van der Waals surface area contributed by atoms with Gasteiger partial charge in [0.25, 0.3) is 0 Å². The Hall–Kier alpha value is -1.35. The third-order valence-electron chi connectivity index (χ3n) is 19.3. The Morgan fingerprint density at radius 3 is 1.81 bits per heavy atom. The van der Waals surface area contributed by atoms with E-state index < -0.39 is 122 Å². The molecule has 0 amide bonds. The van der Waals surface area contributed by atoms with Gasteiger partial charge in [0.1, 0.15) is 61.0 Å². The van der Waals surface area contributed by atoms with Gasteiger partial charge < -0.3 is 74.4 Å². The lowest BCUT2D eigenvalue weighted by Gasteiger charge is -2.71. The summed E-state index contributed by atoms with van der Waals surface area (Å²) in [5, 5.41) is 97.4. The fraction of sp³-hybridized carbons (Fsp3) is 0.938. The van der Waals surface area contributed by atoms with E-state index in [1.807, 2.05) is 0 Å². The molecule has 4 saturated carbocycles. The number of aliphatic carboxylic acids is 1. The lowest BCUT2D eigenvalue weighted by molar-refractivity contribution is -0.393. The minimum Gasteiger partial charge on any atom is -0.481 e. The Labute approximate surface area is 377 Å². The first kappa shape index (κ1) is 49.1. The number of allylic oxidation sites excluding steroid dienone is 2. The maximum Gasteiger partial charge on any atom is 0.310 e. The Balaban J connectivity index is 1.06. The second-order valence-corrected chi connectivity index (χ2v) is 23.4. The van der Waals surface area contributed by atoms with Crippen LogP contribution in [0.25, 0.3) is 0 Å². The highest BCUT2D eigenvalue weighted by atomic mass is 16.8. The molecule has 0 spiro atoms. The van der Waals surface area contributed by atoms with E-state index in [1.54, 1.807) is 0 Å². The summed E-state index contributed by atoms with van der Waals surface area (Å²) in [4.78, 5) is 13.2.